The lowest BCUT2D eigenvalue weighted by atomic mass is 10.0. The maximum Gasteiger partial charge on any atom is 0.174 e. The van der Waals surface area contributed by atoms with E-state index >= 15 is 0 Å². The summed E-state index contributed by atoms with van der Waals surface area (Å²) in [5.74, 6) is 0.383. The fourth-order valence-electron chi connectivity index (χ4n) is 1.87. The molecule has 2 rings (SSSR count). The Hall–Kier alpha value is -1.88. The minimum absolute atomic E-state index is 0.0540. The molecule has 0 saturated heterocycles. The molecule has 2 N–H and O–H groups in total. The zero-order chi connectivity index (χ0) is 14.5. The topological polar surface area (TPSA) is 61.3 Å². The van der Waals surface area contributed by atoms with Crippen molar-refractivity contribution in [3.8, 4) is 5.75 Å². The Bertz CT molecular complexity index is 569. The highest BCUT2D eigenvalue weighted by molar-refractivity contribution is 5.30. The van der Waals surface area contributed by atoms with Crippen molar-refractivity contribution < 1.29 is 13.7 Å². The third-order valence-corrected chi connectivity index (χ3v) is 3.07. The molecule has 20 heavy (non-hydrogen) atoms. The zero-order valence-electron chi connectivity index (χ0n) is 11.7. The standard InChI is InChI=1S/C15H19FN2O2/c1-3-12(17)7-11-4-5-15(14(16)8-11)19-9-13-6-10(2)18-20-13/h4-6,8,12H,3,7,9,17H2,1-2H3. The van der Waals surface area contributed by atoms with Crippen molar-refractivity contribution in [1.29, 1.82) is 0 Å². The molecule has 5 heteroatoms. The smallest absolute Gasteiger partial charge is 0.174 e. The third-order valence-electron chi connectivity index (χ3n) is 3.07. The molecule has 0 radical (unpaired) electrons. The quantitative estimate of drug-likeness (QED) is 0.882. The fraction of sp³-hybridized carbons (Fsp3) is 0.400. The minimum Gasteiger partial charge on any atom is -0.482 e. The number of hydrogen-bond donors (Lipinski definition) is 1. The predicted octanol–water partition coefficient (Wildman–Crippen LogP) is 2.98. The van der Waals surface area contributed by atoms with Gasteiger partial charge in [-0.15, -0.1) is 0 Å². The first-order valence-electron chi connectivity index (χ1n) is 6.67. The van der Waals surface area contributed by atoms with E-state index in [-0.39, 0.29) is 24.2 Å². The number of aromatic nitrogens is 1. The van der Waals surface area contributed by atoms with Crippen molar-refractivity contribution in [2.24, 2.45) is 5.73 Å². The highest BCUT2D eigenvalue weighted by atomic mass is 19.1. The Labute approximate surface area is 117 Å². The van der Waals surface area contributed by atoms with E-state index in [0.717, 1.165) is 17.7 Å². The lowest BCUT2D eigenvalue weighted by molar-refractivity contribution is 0.240. The second kappa shape index (κ2) is 6.52. The minimum atomic E-state index is -0.387. The van der Waals surface area contributed by atoms with Gasteiger partial charge >= 0.3 is 0 Å². The van der Waals surface area contributed by atoms with Gasteiger partial charge in [0, 0.05) is 12.1 Å². The number of nitrogens with zero attached hydrogens (tertiary/aromatic N) is 1. The van der Waals surface area contributed by atoms with E-state index in [9.17, 15) is 4.39 Å². The molecule has 1 heterocycles. The summed E-state index contributed by atoms with van der Waals surface area (Å²) < 4.78 is 24.3. The van der Waals surface area contributed by atoms with E-state index < -0.39 is 0 Å². The molecule has 4 nitrogen and oxygen atoms in total. The summed E-state index contributed by atoms with van der Waals surface area (Å²) in [5, 5.41) is 3.74. The largest absolute Gasteiger partial charge is 0.482 e. The lowest BCUT2D eigenvalue weighted by Gasteiger charge is -2.10. The van der Waals surface area contributed by atoms with Gasteiger partial charge in [-0.2, -0.15) is 0 Å². The van der Waals surface area contributed by atoms with Gasteiger partial charge in [0.15, 0.2) is 17.3 Å². The van der Waals surface area contributed by atoms with Crippen molar-refractivity contribution in [1.82, 2.24) is 5.16 Å². The maximum absolute atomic E-state index is 13.9. The Morgan fingerprint density at radius 3 is 2.80 bits per heavy atom. The number of aryl methyl sites for hydroxylation is 1. The van der Waals surface area contributed by atoms with Crippen LogP contribution >= 0.6 is 0 Å². The highest BCUT2D eigenvalue weighted by Crippen LogP contribution is 2.20. The van der Waals surface area contributed by atoms with Crippen LogP contribution in [0, 0.1) is 12.7 Å². The second-order valence-corrected chi connectivity index (χ2v) is 4.86. The molecule has 1 unspecified atom stereocenters. The molecule has 0 amide bonds. The number of ether oxygens (including phenoxy) is 1. The van der Waals surface area contributed by atoms with Crippen LogP contribution < -0.4 is 10.5 Å². The van der Waals surface area contributed by atoms with Gasteiger partial charge in [-0.1, -0.05) is 18.1 Å². The number of benzene rings is 1. The van der Waals surface area contributed by atoms with Gasteiger partial charge in [-0.25, -0.2) is 4.39 Å². The van der Waals surface area contributed by atoms with Gasteiger partial charge in [0.1, 0.15) is 6.61 Å². The number of rotatable bonds is 6. The summed E-state index contributed by atoms with van der Waals surface area (Å²) in [6, 6.07) is 6.73. The summed E-state index contributed by atoms with van der Waals surface area (Å²) in [5.41, 5.74) is 7.50. The Morgan fingerprint density at radius 2 is 2.20 bits per heavy atom. The van der Waals surface area contributed by atoms with E-state index in [2.05, 4.69) is 5.16 Å². The molecule has 0 saturated carbocycles. The summed E-state index contributed by atoms with van der Waals surface area (Å²) in [6.45, 7) is 3.99. The highest BCUT2D eigenvalue weighted by Gasteiger charge is 2.09. The van der Waals surface area contributed by atoms with E-state index in [1.807, 2.05) is 19.9 Å². The maximum atomic E-state index is 13.9. The molecule has 1 atom stereocenters. The first-order valence-corrected chi connectivity index (χ1v) is 6.67. The van der Waals surface area contributed by atoms with E-state index in [1.54, 1.807) is 12.1 Å². The molecular weight excluding hydrogens is 259 g/mol. The van der Waals surface area contributed by atoms with Crippen LogP contribution in [0.1, 0.15) is 30.4 Å². The molecule has 108 valence electrons. The third kappa shape index (κ3) is 3.81. The van der Waals surface area contributed by atoms with Gasteiger partial charge < -0.3 is 15.0 Å². The van der Waals surface area contributed by atoms with Crippen LogP contribution in [0.25, 0.3) is 0 Å². The molecule has 0 spiro atoms. The van der Waals surface area contributed by atoms with E-state index in [1.165, 1.54) is 6.07 Å². The summed E-state index contributed by atoms with van der Waals surface area (Å²) >= 11 is 0. The first kappa shape index (κ1) is 14.5. The summed E-state index contributed by atoms with van der Waals surface area (Å²) in [7, 11) is 0. The number of nitrogens with two attached hydrogens (primary N) is 1. The first-order chi connectivity index (χ1) is 9.58. The molecular formula is C15H19FN2O2. The van der Waals surface area contributed by atoms with Crippen LogP contribution in [0.4, 0.5) is 4.39 Å². The molecule has 1 aromatic heterocycles. The van der Waals surface area contributed by atoms with Crippen LogP contribution in [-0.2, 0) is 13.0 Å². The summed E-state index contributed by atoms with van der Waals surface area (Å²) in [6.07, 6.45) is 1.53. The molecule has 2 aromatic rings. The van der Waals surface area contributed by atoms with Crippen molar-refractivity contribution in [2.45, 2.75) is 39.3 Å². The molecule has 0 bridgehead atoms. The van der Waals surface area contributed by atoms with E-state index in [4.69, 9.17) is 15.0 Å². The monoisotopic (exact) mass is 278 g/mol. The Kier molecular flexibility index (Phi) is 4.74. The van der Waals surface area contributed by atoms with Crippen molar-refractivity contribution >= 4 is 0 Å². The van der Waals surface area contributed by atoms with Crippen LogP contribution in [0.15, 0.2) is 28.8 Å². The predicted molar refractivity (Wildman–Crippen MR) is 73.9 cm³/mol. The molecule has 0 aliphatic heterocycles. The van der Waals surface area contributed by atoms with Crippen LogP contribution in [0.3, 0.4) is 0 Å². The number of halogens is 1. The normalized spacial score (nSPS) is 12.4. The van der Waals surface area contributed by atoms with Crippen molar-refractivity contribution in [3.63, 3.8) is 0 Å². The van der Waals surface area contributed by atoms with Gasteiger partial charge in [0.25, 0.3) is 0 Å². The Morgan fingerprint density at radius 1 is 1.40 bits per heavy atom. The fourth-order valence-corrected chi connectivity index (χ4v) is 1.87. The molecule has 0 aliphatic rings. The van der Waals surface area contributed by atoms with Crippen LogP contribution in [0.2, 0.25) is 0 Å². The van der Waals surface area contributed by atoms with Gasteiger partial charge in [0.05, 0.1) is 5.69 Å². The van der Waals surface area contributed by atoms with Gasteiger partial charge in [-0.05, 0) is 37.5 Å². The number of hydrogen-bond acceptors (Lipinski definition) is 4. The lowest BCUT2D eigenvalue weighted by Crippen LogP contribution is -2.21. The average molecular weight is 278 g/mol. The zero-order valence-corrected chi connectivity index (χ0v) is 11.7. The average Bonchev–Trinajstić information content (AvgIpc) is 2.83. The van der Waals surface area contributed by atoms with Crippen LogP contribution in [0.5, 0.6) is 5.75 Å². The van der Waals surface area contributed by atoms with E-state index in [0.29, 0.717) is 12.2 Å². The van der Waals surface area contributed by atoms with Crippen molar-refractivity contribution in [3.05, 3.63) is 47.1 Å². The van der Waals surface area contributed by atoms with Gasteiger partial charge in [0.2, 0.25) is 0 Å². The molecule has 0 aliphatic carbocycles. The Balaban J connectivity index is 1.98. The molecule has 0 fully saturated rings. The van der Waals surface area contributed by atoms with Gasteiger partial charge in [-0.3, -0.25) is 0 Å². The van der Waals surface area contributed by atoms with Crippen molar-refractivity contribution in [2.75, 3.05) is 0 Å². The van der Waals surface area contributed by atoms with Crippen LogP contribution in [-0.4, -0.2) is 11.2 Å². The second-order valence-electron chi connectivity index (χ2n) is 4.86. The summed E-state index contributed by atoms with van der Waals surface area (Å²) in [4.78, 5) is 0. The molecule has 1 aromatic carbocycles. The SMILES string of the molecule is CCC(N)Cc1ccc(OCc2cc(C)no2)c(F)c1.